The molecule has 3 aromatic carbocycles. The maximum Gasteiger partial charge on any atom is 0.229 e. The number of nitrogens with zero attached hydrogens (tertiary/aromatic N) is 2. The lowest BCUT2D eigenvalue weighted by molar-refractivity contribution is -0.132. The van der Waals surface area contributed by atoms with E-state index in [-0.39, 0.29) is 17.7 Å². The average Bonchev–Trinajstić information content (AvgIpc) is 2.89. The van der Waals surface area contributed by atoms with Crippen LogP contribution in [0.5, 0.6) is 0 Å². The standard InChI is InChI=1S/C29H33N3O2/c1-23(25-12-6-3-7-13-25)29(34)32-21-19-31(20-22-32)27-17-15-26(16-18-27)30-28(33)14-8-11-24-9-4-2-5-10-24/h2-7,9-10,12-13,15-18,23H,8,11,14,19-22H2,1H3,(H,30,33). The van der Waals surface area contributed by atoms with Crippen LogP contribution in [0.4, 0.5) is 11.4 Å². The fourth-order valence-electron chi connectivity index (χ4n) is 4.42. The van der Waals surface area contributed by atoms with E-state index in [4.69, 9.17) is 0 Å². The highest BCUT2D eigenvalue weighted by atomic mass is 16.2. The molecule has 0 bridgehead atoms. The van der Waals surface area contributed by atoms with E-state index >= 15 is 0 Å². The summed E-state index contributed by atoms with van der Waals surface area (Å²) in [6.45, 7) is 5.03. The van der Waals surface area contributed by atoms with Gasteiger partial charge in [0.2, 0.25) is 11.8 Å². The molecule has 176 valence electrons. The van der Waals surface area contributed by atoms with Crippen molar-refractivity contribution in [1.82, 2.24) is 4.90 Å². The van der Waals surface area contributed by atoms with Gasteiger partial charge in [-0.05, 0) is 55.2 Å². The number of carbonyl (C=O) groups excluding carboxylic acids is 2. The lowest BCUT2D eigenvalue weighted by Gasteiger charge is -2.37. The van der Waals surface area contributed by atoms with Gasteiger partial charge in [-0.1, -0.05) is 60.7 Å². The van der Waals surface area contributed by atoms with E-state index in [1.807, 2.05) is 84.6 Å². The molecular formula is C29H33N3O2. The number of anilines is 2. The Morgan fingerprint density at radius 3 is 2.09 bits per heavy atom. The van der Waals surface area contributed by atoms with Gasteiger partial charge in [0.05, 0.1) is 5.92 Å². The Kier molecular flexibility index (Phi) is 7.97. The van der Waals surface area contributed by atoms with Gasteiger partial charge in [0.25, 0.3) is 0 Å². The number of hydrogen-bond acceptors (Lipinski definition) is 3. The highest BCUT2D eigenvalue weighted by Crippen LogP contribution is 2.22. The minimum Gasteiger partial charge on any atom is -0.368 e. The van der Waals surface area contributed by atoms with E-state index < -0.39 is 0 Å². The topological polar surface area (TPSA) is 52.7 Å². The molecule has 1 atom stereocenters. The van der Waals surface area contributed by atoms with Crippen molar-refractivity contribution in [1.29, 1.82) is 0 Å². The number of hydrogen-bond donors (Lipinski definition) is 1. The molecule has 1 fully saturated rings. The Bertz CT molecular complexity index is 1060. The number of rotatable bonds is 8. The molecule has 1 unspecified atom stereocenters. The Morgan fingerprint density at radius 2 is 1.44 bits per heavy atom. The first kappa shape index (κ1) is 23.6. The molecule has 34 heavy (non-hydrogen) atoms. The Morgan fingerprint density at radius 1 is 0.824 bits per heavy atom. The molecule has 1 saturated heterocycles. The van der Waals surface area contributed by atoms with Gasteiger partial charge < -0.3 is 15.1 Å². The van der Waals surface area contributed by atoms with Gasteiger partial charge in [-0.15, -0.1) is 0 Å². The Labute approximate surface area is 202 Å². The number of piperazine rings is 1. The summed E-state index contributed by atoms with van der Waals surface area (Å²) in [5, 5.41) is 3.00. The van der Waals surface area contributed by atoms with Crippen LogP contribution in [0.3, 0.4) is 0 Å². The third-order valence-corrected chi connectivity index (χ3v) is 6.49. The highest BCUT2D eigenvalue weighted by Gasteiger charge is 2.25. The van der Waals surface area contributed by atoms with Crippen LogP contribution in [0.1, 0.15) is 36.8 Å². The van der Waals surface area contributed by atoms with Crippen LogP contribution in [0.15, 0.2) is 84.9 Å². The van der Waals surface area contributed by atoms with E-state index in [1.165, 1.54) is 5.56 Å². The summed E-state index contributed by atoms with van der Waals surface area (Å²) in [4.78, 5) is 29.5. The second kappa shape index (κ2) is 11.5. The van der Waals surface area contributed by atoms with Crippen LogP contribution in [0.2, 0.25) is 0 Å². The lowest BCUT2D eigenvalue weighted by atomic mass is 9.99. The minimum atomic E-state index is -0.122. The van der Waals surface area contributed by atoms with Crippen molar-refractivity contribution in [2.24, 2.45) is 0 Å². The third-order valence-electron chi connectivity index (χ3n) is 6.49. The van der Waals surface area contributed by atoms with Gasteiger partial charge in [-0.2, -0.15) is 0 Å². The first-order chi connectivity index (χ1) is 16.6. The van der Waals surface area contributed by atoms with E-state index in [1.54, 1.807) is 0 Å². The van der Waals surface area contributed by atoms with Crippen molar-refractivity contribution in [3.63, 3.8) is 0 Å². The molecule has 3 aromatic rings. The van der Waals surface area contributed by atoms with E-state index in [0.29, 0.717) is 6.42 Å². The zero-order chi connectivity index (χ0) is 23.8. The Balaban J connectivity index is 1.22. The van der Waals surface area contributed by atoms with Crippen LogP contribution < -0.4 is 10.2 Å². The van der Waals surface area contributed by atoms with Crippen molar-refractivity contribution in [2.75, 3.05) is 36.4 Å². The van der Waals surface area contributed by atoms with E-state index in [0.717, 1.165) is 56.0 Å². The molecule has 1 aliphatic heterocycles. The molecule has 1 aliphatic rings. The molecule has 0 aromatic heterocycles. The predicted octanol–water partition coefficient (Wildman–Crippen LogP) is 5.10. The molecule has 0 saturated carbocycles. The Hall–Kier alpha value is -3.60. The monoisotopic (exact) mass is 455 g/mol. The second-order valence-electron chi connectivity index (χ2n) is 8.88. The number of carbonyl (C=O) groups is 2. The first-order valence-corrected chi connectivity index (χ1v) is 12.1. The summed E-state index contributed by atoms with van der Waals surface area (Å²) in [6, 6.07) is 28.2. The summed E-state index contributed by atoms with van der Waals surface area (Å²) in [7, 11) is 0. The van der Waals surface area contributed by atoms with E-state index in [2.05, 4.69) is 22.3 Å². The fourth-order valence-corrected chi connectivity index (χ4v) is 4.42. The van der Waals surface area contributed by atoms with Gasteiger partial charge in [0.1, 0.15) is 0 Å². The number of benzene rings is 3. The maximum atomic E-state index is 12.9. The molecule has 5 heteroatoms. The average molecular weight is 456 g/mol. The van der Waals surface area contributed by atoms with Crippen molar-refractivity contribution in [3.8, 4) is 0 Å². The molecule has 0 spiro atoms. The number of nitrogens with one attached hydrogen (secondary N) is 1. The minimum absolute atomic E-state index is 0.0448. The zero-order valence-corrected chi connectivity index (χ0v) is 19.8. The van der Waals surface area contributed by atoms with Crippen LogP contribution in [0, 0.1) is 0 Å². The summed E-state index contributed by atoms with van der Waals surface area (Å²) in [5.41, 5.74) is 4.26. The molecule has 2 amide bonds. The first-order valence-electron chi connectivity index (χ1n) is 12.1. The molecule has 4 rings (SSSR count). The van der Waals surface area contributed by atoms with Crippen LogP contribution >= 0.6 is 0 Å². The number of amides is 2. The van der Waals surface area contributed by atoms with Gasteiger partial charge in [-0.25, -0.2) is 0 Å². The summed E-state index contributed by atoms with van der Waals surface area (Å²) in [6.07, 6.45) is 2.25. The summed E-state index contributed by atoms with van der Waals surface area (Å²) >= 11 is 0. The van der Waals surface area contributed by atoms with Gasteiger partial charge >= 0.3 is 0 Å². The summed E-state index contributed by atoms with van der Waals surface area (Å²) in [5.74, 6) is 0.114. The highest BCUT2D eigenvalue weighted by molar-refractivity contribution is 5.90. The van der Waals surface area contributed by atoms with Crippen molar-refractivity contribution in [3.05, 3.63) is 96.1 Å². The lowest BCUT2D eigenvalue weighted by Crippen LogP contribution is -2.49. The zero-order valence-electron chi connectivity index (χ0n) is 19.8. The molecule has 0 radical (unpaired) electrons. The maximum absolute atomic E-state index is 12.9. The molecule has 0 aliphatic carbocycles. The second-order valence-corrected chi connectivity index (χ2v) is 8.88. The summed E-state index contributed by atoms with van der Waals surface area (Å²) < 4.78 is 0. The van der Waals surface area contributed by atoms with E-state index in [9.17, 15) is 9.59 Å². The predicted molar refractivity (Wildman–Crippen MR) is 138 cm³/mol. The van der Waals surface area contributed by atoms with Crippen LogP contribution in [0.25, 0.3) is 0 Å². The SMILES string of the molecule is CC(C(=O)N1CCN(c2ccc(NC(=O)CCCc3ccccc3)cc2)CC1)c1ccccc1. The fraction of sp³-hybridized carbons (Fsp3) is 0.310. The largest absolute Gasteiger partial charge is 0.368 e. The molecule has 5 nitrogen and oxygen atoms in total. The van der Waals surface area contributed by atoms with Gasteiger partial charge in [0.15, 0.2) is 0 Å². The van der Waals surface area contributed by atoms with Crippen molar-refractivity contribution >= 4 is 23.2 Å². The van der Waals surface area contributed by atoms with Gasteiger partial charge in [-0.3, -0.25) is 9.59 Å². The third kappa shape index (κ3) is 6.25. The number of aryl methyl sites for hydroxylation is 1. The quantitative estimate of drug-likeness (QED) is 0.514. The smallest absolute Gasteiger partial charge is 0.229 e. The van der Waals surface area contributed by atoms with Crippen LogP contribution in [-0.4, -0.2) is 42.9 Å². The molecule has 1 N–H and O–H groups in total. The normalized spacial score (nSPS) is 14.5. The molecular weight excluding hydrogens is 422 g/mol. The van der Waals surface area contributed by atoms with Gasteiger partial charge in [0, 0.05) is 44.0 Å². The molecule has 1 heterocycles. The van der Waals surface area contributed by atoms with Crippen molar-refractivity contribution < 1.29 is 9.59 Å². The van der Waals surface area contributed by atoms with Crippen LogP contribution in [-0.2, 0) is 16.0 Å². The van der Waals surface area contributed by atoms with Crippen molar-refractivity contribution in [2.45, 2.75) is 32.1 Å².